The zero-order valence-corrected chi connectivity index (χ0v) is 9.85. The summed E-state index contributed by atoms with van der Waals surface area (Å²) in [6, 6.07) is 10.2. The fourth-order valence-electron chi connectivity index (χ4n) is 2.95. The molecule has 0 aromatic heterocycles. The van der Waals surface area contributed by atoms with Crippen LogP contribution in [0.15, 0.2) is 36.4 Å². The molecule has 0 saturated carbocycles. The summed E-state index contributed by atoms with van der Waals surface area (Å²) in [5.41, 5.74) is 4.54. The Hall–Kier alpha value is -2.28. The molecule has 1 heteroatoms. The first kappa shape index (κ1) is 9.72. The van der Waals surface area contributed by atoms with Gasteiger partial charge in [0.05, 0.1) is 0 Å². The van der Waals surface area contributed by atoms with Crippen LogP contribution >= 0.6 is 0 Å². The third-order valence-electron chi connectivity index (χ3n) is 3.77. The zero-order chi connectivity index (χ0) is 12.1. The van der Waals surface area contributed by atoms with Gasteiger partial charge in [-0.05, 0) is 39.6 Å². The van der Waals surface area contributed by atoms with E-state index in [-0.39, 0.29) is 0 Å². The van der Waals surface area contributed by atoms with Gasteiger partial charge in [0.1, 0.15) is 5.75 Å². The minimum atomic E-state index is 0.382. The predicted octanol–water partition coefficient (Wildman–Crippen LogP) is 2.20. The van der Waals surface area contributed by atoms with Crippen LogP contribution in [0.5, 0.6) is 5.75 Å². The third kappa shape index (κ3) is 1.16. The summed E-state index contributed by atoms with van der Waals surface area (Å²) in [4.78, 5) is 0. The zero-order valence-electron chi connectivity index (χ0n) is 9.85. The maximum atomic E-state index is 10.3. The Labute approximate surface area is 105 Å². The fraction of sp³-hybridized carbons (Fsp3) is 0.0588. The van der Waals surface area contributed by atoms with E-state index in [4.69, 9.17) is 0 Å². The molecule has 1 N–H and O–H groups in total. The molecule has 0 saturated heterocycles. The van der Waals surface area contributed by atoms with Crippen molar-refractivity contribution in [3.05, 3.63) is 58.0 Å². The summed E-state index contributed by atoms with van der Waals surface area (Å²) >= 11 is 0. The number of aromatic hydroxyl groups is 1. The summed E-state index contributed by atoms with van der Waals surface area (Å²) in [7, 11) is 0. The topological polar surface area (TPSA) is 20.2 Å². The van der Waals surface area contributed by atoms with Crippen LogP contribution in [0, 0.1) is 0 Å². The Morgan fingerprint density at radius 1 is 1.06 bits per heavy atom. The molecule has 0 radical (unpaired) electrons. The number of hydrogen-bond donors (Lipinski definition) is 1. The molecule has 0 heterocycles. The molecule has 0 aliphatic heterocycles. The molecule has 2 aromatic rings. The van der Waals surface area contributed by atoms with Crippen LogP contribution in [0.2, 0.25) is 0 Å². The Balaban J connectivity index is 2.19. The first-order chi connectivity index (χ1) is 8.84. The molecule has 18 heavy (non-hydrogen) atoms. The van der Waals surface area contributed by atoms with Gasteiger partial charge in [0, 0.05) is 5.56 Å². The van der Waals surface area contributed by atoms with Crippen molar-refractivity contribution < 1.29 is 5.11 Å². The van der Waals surface area contributed by atoms with Crippen LogP contribution in [-0.2, 0) is 6.42 Å². The molecule has 86 valence electrons. The van der Waals surface area contributed by atoms with E-state index >= 15 is 0 Å². The van der Waals surface area contributed by atoms with Crippen molar-refractivity contribution in [2.45, 2.75) is 6.42 Å². The molecule has 0 amide bonds. The quantitative estimate of drug-likeness (QED) is 0.738. The number of phenols is 1. The average Bonchev–Trinajstić information content (AvgIpc) is 2.86. The maximum absolute atomic E-state index is 10.3. The second-order valence-electron chi connectivity index (χ2n) is 4.78. The highest BCUT2D eigenvalue weighted by Crippen LogP contribution is 2.31. The number of phenolic OH excluding ortho intramolecular Hbond substituents is 1. The molecular formula is C17H12O. The highest BCUT2D eigenvalue weighted by Gasteiger charge is 2.16. The van der Waals surface area contributed by atoms with E-state index in [0.717, 1.165) is 23.1 Å². The van der Waals surface area contributed by atoms with E-state index in [1.165, 1.54) is 16.0 Å². The lowest BCUT2D eigenvalue weighted by Gasteiger charge is -2.16. The molecule has 2 aromatic carbocycles. The van der Waals surface area contributed by atoms with E-state index in [1.54, 1.807) is 0 Å². The minimum absolute atomic E-state index is 0.382. The first-order valence-corrected chi connectivity index (χ1v) is 6.17. The molecule has 4 rings (SSSR count). The SMILES string of the molecule is Oc1cc2c(c3c1-c1ccccc1CC=3)=CC=C2. The maximum Gasteiger partial charge on any atom is 0.124 e. The minimum Gasteiger partial charge on any atom is -0.507 e. The third-order valence-corrected chi connectivity index (χ3v) is 3.77. The summed E-state index contributed by atoms with van der Waals surface area (Å²) in [5.74, 6) is 0.382. The molecule has 1 nitrogen and oxygen atoms in total. The van der Waals surface area contributed by atoms with Gasteiger partial charge in [0.25, 0.3) is 0 Å². The van der Waals surface area contributed by atoms with Crippen molar-refractivity contribution >= 4 is 18.2 Å². The summed E-state index contributed by atoms with van der Waals surface area (Å²) in [6.07, 6.45) is 9.37. The van der Waals surface area contributed by atoms with Gasteiger partial charge in [-0.2, -0.15) is 0 Å². The van der Waals surface area contributed by atoms with Crippen LogP contribution in [0.1, 0.15) is 11.1 Å². The van der Waals surface area contributed by atoms with Gasteiger partial charge in [-0.3, -0.25) is 0 Å². The van der Waals surface area contributed by atoms with Crippen LogP contribution in [0.25, 0.3) is 29.4 Å². The van der Waals surface area contributed by atoms with E-state index < -0.39 is 0 Å². The molecular weight excluding hydrogens is 220 g/mol. The van der Waals surface area contributed by atoms with Gasteiger partial charge >= 0.3 is 0 Å². The Kier molecular flexibility index (Phi) is 1.81. The number of fused-ring (bicyclic) bond motifs is 5. The highest BCUT2D eigenvalue weighted by molar-refractivity contribution is 5.82. The summed E-state index contributed by atoms with van der Waals surface area (Å²) in [6.45, 7) is 0. The van der Waals surface area contributed by atoms with Gasteiger partial charge in [-0.15, -0.1) is 0 Å². The van der Waals surface area contributed by atoms with Crippen molar-refractivity contribution in [3.8, 4) is 16.9 Å². The molecule has 0 spiro atoms. The lowest BCUT2D eigenvalue weighted by atomic mass is 9.89. The molecule has 0 bridgehead atoms. The number of hydrogen-bond acceptors (Lipinski definition) is 1. The summed E-state index contributed by atoms with van der Waals surface area (Å²) in [5, 5.41) is 12.7. The van der Waals surface area contributed by atoms with E-state index in [2.05, 4.69) is 30.4 Å². The normalized spacial score (nSPS) is 14.2. The predicted molar refractivity (Wildman–Crippen MR) is 74.5 cm³/mol. The molecule has 0 fully saturated rings. The molecule has 2 aliphatic rings. The van der Waals surface area contributed by atoms with E-state index in [9.17, 15) is 5.11 Å². The average molecular weight is 232 g/mol. The van der Waals surface area contributed by atoms with Crippen LogP contribution in [0.3, 0.4) is 0 Å². The van der Waals surface area contributed by atoms with E-state index in [0.29, 0.717) is 5.75 Å². The van der Waals surface area contributed by atoms with Crippen molar-refractivity contribution in [1.29, 1.82) is 0 Å². The highest BCUT2D eigenvalue weighted by atomic mass is 16.3. The Morgan fingerprint density at radius 3 is 2.89 bits per heavy atom. The monoisotopic (exact) mass is 232 g/mol. The van der Waals surface area contributed by atoms with Crippen molar-refractivity contribution in [1.82, 2.24) is 0 Å². The molecule has 0 atom stereocenters. The van der Waals surface area contributed by atoms with Crippen LogP contribution in [-0.4, -0.2) is 5.11 Å². The Morgan fingerprint density at radius 2 is 1.94 bits per heavy atom. The first-order valence-electron chi connectivity index (χ1n) is 6.17. The smallest absolute Gasteiger partial charge is 0.124 e. The number of benzene rings is 2. The van der Waals surface area contributed by atoms with E-state index in [1.807, 2.05) is 24.3 Å². The van der Waals surface area contributed by atoms with Gasteiger partial charge < -0.3 is 5.11 Å². The van der Waals surface area contributed by atoms with Crippen molar-refractivity contribution in [2.75, 3.05) is 0 Å². The largest absolute Gasteiger partial charge is 0.507 e. The lowest BCUT2D eigenvalue weighted by Crippen LogP contribution is -2.30. The second kappa shape index (κ2) is 3.36. The fourth-order valence-corrected chi connectivity index (χ4v) is 2.95. The van der Waals surface area contributed by atoms with Crippen LogP contribution < -0.4 is 10.4 Å². The standard InChI is InChI=1S/C17H12O/c18-16-10-12-5-3-7-13(12)15-9-8-11-4-1-2-6-14(11)17(15)16/h1-7,9-10,18H,8H2. The van der Waals surface area contributed by atoms with Gasteiger partial charge in [-0.1, -0.05) is 48.6 Å². The Bertz CT molecular complexity index is 810. The van der Waals surface area contributed by atoms with Gasteiger partial charge in [-0.25, -0.2) is 0 Å². The summed E-state index contributed by atoms with van der Waals surface area (Å²) < 4.78 is 0. The number of rotatable bonds is 0. The van der Waals surface area contributed by atoms with Crippen molar-refractivity contribution in [3.63, 3.8) is 0 Å². The van der Waals surface area contributed by atoms with Gasteiger partial charge in [0.2, 0.25) is 0 Å². The van der Waals surface area contributed by atoms with Crippen LogP contribution in [0.4, 0.5) is 0 Å². The second-order valence-corrected chi connectivity index (χ2v) is 4.78. The van der Waals surface area contributed by atoms with Gasteiger partial charge in [0.15, 0.2) is 0 Å². The lowest BCUT2D eigenvalue weighted by molar-refractivity contribution is 0.476. The molecule has 0 unspecified atom stereocenters. The number of allylic oxidation sites excluding steroid dienone is 1. The molecule has 2 aliphatic carbocycles. The van der Waals surface area contributed by atoms with Crippen molar-refractivity contribution in [2.24, 2.45) is 0 Å².